The Bertz CT molecular complexity index is 1260. The van der Waals surface area contributed by atoms with Crippen LogP contribution in [0.5, 0.6) is 0 Å². The summed E-state index contributed by atoms with van der Waals surface area (Å²) >= 11 is 0. The van der Waals surface area contributed by atoms with E-state index in [-0.39, 0.29) is 17.9 Å². The van der Waals surface area contributed by atoms with E-state index >= 15 is 0 Å². The minimum atomic E-state index is -0.162. The van der Waals surface area contributed by atoms with Gasteiger partial charge in [0, 0.05) is 36.1 Å². The standard InChI is InChI=1S/C33H39N3O2/c1-2-3-9-24-14-16-26(17-15-24)32(37)35-29-18-19-31(36-21-20-25-10-7-8-11-27(25)23-36)30(22-29)33(38)34-28-12-5-4-6-13-28/h7-8,10-11,14-19,22,28H,2-6,9,12-13,20-21,23H2,1H3,(H,34,38)(H,35,37). The summed E-state index contributed by atoms with van der Waals surface area (Å²) in [4.78, 5) is 28.9. The maximum atomic E-state index is 13.6. The van der Waals surface area contributed by atoms with Gasteiger partial charge >= 0.3 is 0 Å². The van der Waals surface area contributed by atoms with Crippen molar-refractivity contribution < 1.29 is 9.59 Å². The van der Waals surface area contributed by atoms with Crippen molar-refractivity contribution in [1.82, 2.24) is 5.32 Å². The molecule has 5 nitrogen and oxygen atoms in total. The Labute approximate surface area is 226 Å². The second-order valence-electron chi connectivity index (χ2n) is 10.7. The molecule has 1 aliphatic carbocycles. The van der Waals surface area contributed by atoms with E-state index in [0.717, 1.165) is 70.1 Å². The minimum Gasteiger partial charge on any atom is -0.366 e. The molecule has 1 fully saturated rings. The summed E-state index contributed by atoms with van der Waals surface area (Å²) < 4.78 is 0. The van der Waals surface area contributed by atoms with Crippen LogP contribution in [0.2, 0.25) is 0 Å². The normalized spacial score (nSPS) is 15.6. The molecule has 1 heterocycles. The van der Waals surface area contributed by atoms with Gasteiger partial charge in [0.1, 0.15) is 0 Å². The fourth-order valence-corrected chi connectivity index (χ4v) is 5.69. The van der Waals surface area contributed by atoms with E-state index in [0.29, 0.717) is 16.8 Å². The first-order valence-electron chi connectivity index (χ1n) is 14.3. The number of unbranched alkanes of at least 4 members (excludes halogenated alkanes) is 1. The van der Waals surface area contributed by atoms with Crippen molar-refractivity contribution in [3.63, 3.8) is 0 Å². The predicted octanol–water partition coefficient (Wildman–Crippen LogP) is 6.91. The van der Waals surface area contributed by atoms with Gasteiger partial charge in [-0.15, -0.1) is 0 Å². The summed E-state index contributed by atoms with van der Waals surface area (Å²) in [6, 6.07) is 22.3. The molecule has 0 spiro atoms. The van der Waals surface area contributed by atoms with E-state index < -0.39 is 0 Å². The fourth-order valence-electron chi connectivity index (χ4n) is 5.69. The number of hydrogen-bond donors (Lipinski definition) is 2. The van der Waals surface area contributed by atoms with Crippen LogP contribution in [0.25, 0.3) is 0 Å². The van der Waals surface area contributed by atoms with E-state index in [4.69, 9.17) is 0 Å². The zero-order valence-electron chi connectivity index (χ0n) is 22.5. The molecule has 2 aliphatic rings. The van der Waals surface area contributed by atoms with Crippen LogP contribution in [0.15, 0.2) is 66.7 Å². The molecule has 5 heteroatoms. The average molecular weight is 510 g/mol. The first-order valence-corrected chi connectivity index (χ1v) is 14.3. The van der Waals surface area contributed by atoms with Gasteiger partial charge in [0.2, 0.25) is 0 Å². The van der Waals surface area contributed by atoms with Crippen LogP contribution in [-0.4, -0.2) is 24.4 Å². The van der Waals surface area contributed by atoms with Gasteiger partial charge in [-0.3, -0.25) is 9.59 Å². The van der Waals surface area contributed by atoms with Crippen LogP contribution in [0.3, 0.4) is 0 Å². The lowest BCUT2D eigenvalue weighted by Gasteiger charge is -2.32. The lowest BCUT2D eigenvalue weighted by Crippen LogP contribution is -2.38. The molecule has 3 aromatic rings. The third kappa shape index (κ3) is 6.27. The summed E-state index contributed by atoms with van der Waals surface area (Å²) in [5.74, 6) is -0.215. The van der Waals surface area contributed by atoms with Crippen molar-refractivity contribution in [1.29, 1.82) is 0 Å². The number of carbonyl (C=O) groups excluding carboxylic acids is 2. The zero-order chi connectivity index (χ0) is 26.3. The Kier molecular flexibility index (Phi) is 8.42. The van der Waals surface area contributed by atoms with Crippen molar-refractivity contribution in [2.45, 2.75) is 77.3 Å². The number of benzene rings is 3. The van der Waals surface area contributed by atoms with Crippen molar-refractivity contribution in [3.05, 3.63) is 94.5 Å². The van der Waals surface area contributed by atoms with Gasteiger partial charge in [0.15, 0.2) is 0 Å². The summed E-state index contributed by atoms with van der Waals surface area (Å²) in [7, 11) is 0. The topological polar surface area (TPSA) is 61.4 Å². The average Bonchev–Trinajstić information content (AvgIpc) is 2.96. The second-order valence-corrected chi connectivity index (χ2v) is 10.7. The van der Waals surface area contributed by atoms with Gasteiger partial charge in [0.25, 0.3) is 11.8 Å². The monoisotopic (exact) mass is 509 g/mol. The molecular formula is C33H39N3O2. The molecule has 0 radical (unpaired) electrons. The van der Waals surface area contributed by atoms with E-state index in [9.17, 15) is 9.59 Å². The number of nitrogens with zero attached hydrogens (tertiary/aromatic N) is 1. The van der Waals surface area contributed by atoms with Gasteiger partial charge in [-0.25, -0.2) is 0 Å². The maximum absolute atomic E-state index is 13.6. The third-order valence-corrected chi connectivity index (χ3v) is 7.95. The van der Waals surface area contributed by atoms with Gasteiger partial charge in [-0.1, -0.05) is 69.0 Å². The summed E-state index contributed by atoms with van der Waals surface area (Å²) in [6.07, 6.45) is 9.90. The highest BCUT2D eigenvalue weighted by molar-refractivity contribution is 6.06. The van der Waals surface area contributed by atoms with Crippen LogP contribution in [0, 0.1) is 0 Å². The fraction of sp³-hybridized carbons (Fsp3) is 0.394. The first kappa shape index (κ1) is 26.0. The van der Waals surface area contributed by atoms with Crippen LogP contribution in [0.4, 0.5) is 11.4 Å². The molecule has 0 atom stereocenters. The molecular weight excluding hydrogens is 470 g/mol. The molecule has 0 unspecified atom stereocenters. The number of rotatable bonds is 8. The van der Waals surface area contributed by atoms with E-state index in [2.05, 4.69) is 46.7 Å². The van der Waals surface area contributed by atoms with Crippen molar-refractivity contribution in [3.8, 4) is 0 Å². The molecule has 198 valence electrons. The first-order chi connectivity index (χ1) is 18.6. The molecule has 0 bridgehead atoms. The Morgan fingerprint density at radius 3 is 2.42 bits per heavy atom. The molecule has 2 amide bonds. The van der Waals surface area contributed by atoms with Crippen LogP contribution < -0.4 is 15.5 Å². The minimum absolute atomic E-state index is 0.0536. The molecule has 38 heavy (non-hydrogen) atoms. The van der Waals surface area contributed by atoms with Gasteiger partial charge in [0.05, 0.1) is 5.56 Å². The lowest BCUT2D eigenvalue weighted by molar-refractivity contribution is 0.0927. The van der Waals surface area contributed by atoms with Crippen molar-refractivity contribution >= 4 is 23.2 Å². The highest BCUT2D eigenvalue weighted by Crippen LogP contribution is 2.30. The quantitative estimate of drug-likeness (QED) is 0.347. The SMILES string of the molecule is CCCCc1ccc(C(=O)Nc2ccc(N3CCc4ccccc4C3)c(C(=O)NC3CCCCC3)c2)cc1. The Morgan fingerprint density at radius 1 is 0.895 bits per heavy atom. The smallest absolute Gasteiger partial charge is 0.255 e. The van der Waals surface area contributed by atoms with E-state index in [1.54, 1.807) is 0 Å². The van der Waals surface area contributed by atoms with Gasteiger partial charge < -0.3 is 15.5 Å². The highest BCUT2D eigenvalue weighted by atomic mass is 16.2. The maximum Gasteiger partial charge on any atom is 0.255 e. The molecule has 5 rings (SSSR count). The molecule has 1 aliphatic heterocycles. The number of anilines is 2. The molecule has 2 N–H and O–H groups in total. The number of nitrogens with one attached hydrogen (secondary N) is 2. The van der Waals surface area contributed by atoms with Crippen LogP contribution in [-0.2, 0) is 19.4 Å². The molecule has 0 saturated heterocycles. The Hall–Kier alpha value is -3.60. The third-order valence-electron chi connectivity index (χ3n) is 7.95. The largest absolute Gasteiger partial charge is 0.366 e. The number of hydrogen-bond acceptors (Lipinski definition) is 3. The predicted molar refractivity (Wildman–Crippen MR) is 155 cm³/mol. The molecule has 0 aromatic heterocycles. The Balaban J connectivity index is 1.37. The number of aryl methyl sites for hydroxylation is 1. The second kappa shape index (κ2) is 12.3. The molecule has 1 saturated carbocycles. The van der Waals surface area contributed by atoms with E-state index in [1.165, 1.54) is 23.1 Å². The van der Waals surface area contributed by atoms with E-state index in [1.807, 2.05) is 42.5 Å². The highest BCUT2D eigenvalue weighted by Gasteiger charge is 2.24. The summed E-state index contributed by atoms with van der Waals surface area (Å²) in [5.41, 5.74) is 6.74. The number of carbonyl (C=O) groups is 2. The van der Waals surface area contributed by atoms with Crippen LogP contribution >= 0.6 is 0 Å². The number of fused-ring (bicyclic) bond motifs is 1. The molecule has 3 aromatic carbocycles. The zero-order valence-corrected chi connectivity index (χ0v) is 22.5. The van der Waals surface area contributed by atoms with Gasteiger partial charge in [-0.05, 0) is 79.1 Å². The van der Waals surface area contributed by atoms with Crippen molar-refractivity contribution in [2.75, 3.05) is 16.8 Å². The summed E-state index contributed by atoms with van der Waals surface area (Å²) in [5, 5.41) is 6.32. The lowest BCUT2D eigenvalue weighted by atomic mass is 9.95. The number of amides is 2. The van der Waals surface area contributed by atoms with Gasteiger partial charge in [-0.2, -0.15) is 0 Å². The Morgan fingerprint density at radius 2 is 1.66 bits per heavy atom. The van der Waals surface area contributed by atoms with Crippen molar-refractivity contribution in [2.24, 2.45) is 0 Å². The summed E-state index contributed by atoms with van der Waals surface area (Å²) in [6.45, 7) is 3.81. The van der Waals surface area contributed by atoms with Crippen LogP contribution in [0.1, 0.15) is 89.3 Å².